The van der Waals surface area contributed by atoms with Crippen LogP contribution in [-0.2, 0) is 4.79 Å². The second kappa shape index (κ2) is 9.63. The minimum Gasteiger partial charge on any atom is -0.494 e. The molecule has 1 amide bonds. The molecule has 0 aliphatic rings. The molecule has 0 saturated heterocycles. The van der Waals surface area contributed by atoms with Crippen molar-refractivity contribution in [2.75, 3.05) is 11.9 Å². The Morgan fingerprint density at radius 2 is 1.76 bits per heavy atom. The Balaban J connectivity index is 1.36. The van der Waals surface area contributed by atoms with E-state index in [1.165, 1.54) is 6.08 Å². The van der Waals surface area contributed by atoms with E-state index in [4.69, 9.17) is 9.15 Å². The van der Waals surface area contributed by atoms with Crippen molar-refractivity contribution < 1.29 is 13.9 Å². The van der Waals surface area contributed by atoms with E-state index in [0.717, 1.165) is 45.2 Å². The minimum absolute atomic E-state index is 0.236. The van der Waals surface area contributed by atoms with E-state index < -0.39 is 0 Å². The van der Waals surface area contributed by atoms with Gasteiger partial charge in [0, 0.05) is 11.5 Å². The fourth-order valence-corrected chi connectivity index (χ4v) is 3.79. The maximum Gasteiger partial charge on any atom is 0.248 e. The van der Waals surface area contributed by atoms with Crippen LogP contribution >= 0.6 is 0 Å². The van der Waals surface area contributed by atoms with E-state index in [-0.39, 0.29) is 5.91 Å². The molecule has 0 unspecified atom stereocenters. The van der Waals surface area contributed by atoms with Gasteiger partial charge in [0.25, 0.3) is 0 Å². The van der Waals surface area contributed by atoms with E-state index in [9.17, 15) is 4.79 Å². The van der Waals surface area contributed by atoms with E-state index in [1.807, 2.05) is 84.9 Å². The number of ether oxygens (including phenoxy) is 1. The van der Waals surface area contributed by atoms with Crippen LogP contribution < -0.4 is 10.1 Å². The summed E-state index contributed by atoms with van der Waals surface area (Å²) >= 11 is 0. The molecule has 0 radical (unpaired) electrons. The van der Waals surface area contributed by atoms with Gasteiger partial charge < -0.3 is 14.5 Å². The Labute approximate surface area is 197 Å². The lowest BCUT2D eigenvalue weighted by molar-refractivity contribution is -0.111. The quantitative estimate of drug-likeness (QED) is 0.270. The first kappa shape index (κ1) is 21.5. The van der Waals surface area contributed by atoms with Crippen molar-refractivity contribution in [2.45, 2.75) is 13.3 Å². The van der Waals surface area contributed by atoms with E-state index >= 15 is 0 Å². The van der Waals surface area contributed by atoms with Crippen molar-refractivity contribution in [3.8, 4) is 17.2 Å². The number of hydrogen-bond acceptors (Lipinski definition) is 4. The average molecular weight is 449 g/mol. The van der Waals surface area contributed by atoms with Crippen LogP contribution in [0.5, 0.6) is 5.75 Å². The monoisotopic (exact) mass is 448 g/mol. The highest BCUT2D eigenvalue weighted by molar-refractivity contribution is 6.05. The van der Waals surface area contributed by atoms with Gasteiger partial charge in [0.2, 0.25) is 11.8 Å². The third-order valence-corrected chi connectivity index (χ3v) is 5.48. The fourth-order valence-electron chi connectivity index (χ4n) is 3.79. The van der Waals surface area contributed by atoms with Crippen LogP contribution in [0.3, 0.4) is 0 Å². The van der Waals surface area contributed by atoms with Gasteiger partial charge in [0.05, 0.1) is 17.9 Å². The maximum atomic E-state index is 12.7. The number of hydrogen-bond donors (Lipinski definition) is 1. The zero-order valence-electron chi connectivity index (χ0n) is 18.8. The largest absolute Gasteiger partial charge is 0.494 e. The molecule has 0 aliphatic carbocycles. The molecule has 0 bridgehead atoms. The lowest BCUT2D eigenvalue weighted by Gasteiger charge is -2.07. The van der Waals surface area contributed by atoms with Crippen molar-refractivity contribution >= 4 is 39.5 Å². The molecule has 1 heterocycles. The molecular weight excluding hydrogens is 424 g/mol. The second-order valence-electron chi connectivity index (χ2n) is 7.94. The number of oxazole rings is 1. The van der Waals surface area contributed by atoms with E-state index in [2.05, 4.69) is 17.2 Å². The number of carbonyl (C=O) groups excluding carboxylic acids is 1. The Hall–Kier alpha value is -4.38. The predicted octanol–water partition coefficient (Wildman–Crippen LogP) is 7.09. The highest BCUT2D eigenvalue weighted by atomic mass is 16.5. The Morgan fingerprint density at radius 3 is 2.62 bits per heavy atom. The lowest BCUT2D eigenvalue weighted by atomic mass is 10.1. The zero-order valence-corrected chi connectivity index (χ0v) is 18.8. The fraction of sp³-hybridized carbons (Fsp3) is 0.103. The van der Waals surface area contributed by atoms with Gasteiger partial charge in [0.15, 0.2) is 5.58 Å². The van der Waals surface area contributed by atoms with Gasteiger partial charge in [-0.2, -0.15) is 0 Å². The number of nitrogens with one attached hydrogen (secondary N) is 1. The summed E-state index contributed by atoms with van der Waals surface area (Å²) in [6.45, 7) is 2.76. The SMILES string of the molecule is CCCOc1ccc(C=CC(=O)Nc2ccccc2-c2nc3ccc4ccccc4c3o2)cc1. The van der Waals surface area contributed by atoms with E-state index in [1.54, 1.807) is 6.08 Å². The number of benzene rings is 4. The normalized spacial score (nSPS) is 11.3. The van der Waals surface area contributed by atoms with E-state index in [0.29, 0.717) is 18.2 Å². The van der Waals surface area contributed by atoms with Gasteiger partial charge in [-0.1, -0.05) is 61.5 Å². The molecule has 0 saturated carbocycles. The van der Waals surface area contributed by atoms with Gasteiger partial charge in [-0.15, -0.1) is 0 Å². The van der Waals surface area contributed by atoms with Crippen molar-refractivity contribution in [3.05, 3.63) is 96.6 Å². The summed E-state index contributed by atoms with van der Waals surface area (Å²) in [5.41, 5.74) is 3.79. The Kier molecular flexibility index (Phi) is 6.08. The number of amides is 1. The third kappa shape index (κ3) is 4.55. The first-order chi connectivity index (χ1) is 16.7. The van der Waals surface area contributed by atoms with Crippen LogP contribution in [0.1, 0.15) is 18.9 Å². The highest BCUT2D eigenvalue weighted by Gasteiger charge is 2.14. The second-order valence-corrected chi connectivity index (χ2v) is 7.94. The van der Waals surface area contributed by atoms with Crippen molar-refractivity contribution in [2.24, 2.45) is 0 Å². The topological polar surface area (TPSA) is 64.4 Å². The number of para-hydroxylation sites is 1. The van der Waals surface area contributed by atoms with Gasteiger partial charge in [-0.05, 0) is 53.8 Å². The average Bonchev–Trinajstić information content (AvgIpc) is 3.32. The summed E-state index contributed by atoms with van der Waals surface area (Å²) in [5, 5.41) is 5.05. The molecule has 1 N–H and O–H groups in total. The lowest BCUT2D eigenvalue weighted by Crippen LogP contribution is -2.08. The van der Waals surface area contributed by atoms with Crippen molar-refractivity contribution in [1.82, 2.24) is 4.98 Å². The van der Waals surface area contributed by atoms with Gasteiger partial charge in [0.1, 0.15) is 11.3 Å². The summed E-state index contributed by atoms with van der Waals surface area (Å²) in [6.07, 6.45) is 4.24. The van der Waals surface area contributed by atoms with Gasteiger partial charge >= 0.3 is 0 Å². The summed E-state index contributed by atoms with van der Waals surface area (Å²) in [7, 11) is 0. The molecule has 1 aromatic heterocycles. The summed E-state index contributed by atoms with van der Waals surface area (Å²) in [6, 6.07) is 27.2. The minimum atomic E-state index is -0.236. The Morgan fingerprint density at radius 1 is 0.971 bits per heavy atom. The highest BCUT2D eigenvalue weighted by Crippen LogP contribution is 2.33. The number of rotatable bonds is 7. The van der Waals surface area contributed by atoms with Crippen LogP contribution in [0.15, 0.2) is 95.4 Å². The molecule has 0 spiro atoms. The first-order valence-corrected chi connectivity index (χ1v) is 11.3. The predicted molar refractivity (Wildman–Crippen MR) is 137 cm³/mol. The van der Waals surface area contributed by atoms with Crippen molar-refractivity contribution in [1.29, 1.82) is 0 Å². The van der Waals surface area contributed by atoms with Crippen LogP contribution in [0.25, 0.3) is 39.4 Å². The van der Waals surface area contributed by atoms with Crippen LogP contribution in [0, 0.1) is 0 Å². The summed E-state index contributed by atoms with van der Waals surface area (Å²) < 4.78 is 11.8. The molecule has 34 heavy (non-hydrogen) atoms. The first-order valence-electron chi connectivity index (χ1n) is 11.3. The molecule has 5 heteroatoms. The summed E-state index contributed by atoms with van der Waals surface area (Å²) in [4.78, 5) is 17.3. The smallest absolute Gasteiger partial charge is 0.248 e. The van der Waals surface area contributed by atoms with Gasteiger partial charge in [-0.3, -0.25) is 4.79 Å². The molecule has 0 aliphatic heterocycles. The molecule has 5 rings (SSSR count). The molecule has 0 atom stereocenters. The molecular formula is C29H24N2O3. The maximum absolute atomic E-state index is 12.7. The zero-order chi connectivity index (χ0) is 23.3. The number of aromatic nitrogens is 1. The molecule has 5 nitrogen and oxygen atoms in total. The Bertz CT molecular complexity index is 1480. The summed E-state index contributed by atoms with van der Waals surface area (Å²) in [5.74, 6) is 1.05. The molecule has 4 aromatic carbocycles. The van der Waals surface area contributed by atoms with Crippen LogP contribution in [0.2, 0.25) is 0 Å². The van der Waals surface area contributed by atoms with Crippen LogP contribution in [0.4, 0.5) is 5.69 Å². The number of carbonyl (C=O) groups is 1. The van der Waals surface area contributed by atoms with Crippen molar-refractivity contribution in [3.63, 3.8) is 0 Å². The van der Waals surface area contributed by atoms with Crippen LogP contribution in [-0.4, -0.2) is 17.5 Å². The number of anilines is 1. The molecule has 5 aromatic rings. The standard InChI is InChI=1S/C29H24N2O3/c1-2-19-33-22-15-11-20(12-16-22)13-18-27(32)30-25-10-6-5-9-24(25)29-31-26-17-14-21-7-3-4-8-23(21)28(26)34-29/h3-18H,2,19H2,1H3,(H,30,32). The number of fused-ring (bicyclic) bond motifs is 3. The van der Waals surface area contributed by atoms with Gasteiger partial charge in [-0.25, -0.2) is 4.98 Å². The molecule has 168 valence electrons. The molecule has 0 fully saturated rings. The third-order valence-electron chi connectivity index (χ3n) is 5.48. The number of nitrogens with zero attached hydrogens (tertiary/aromatic N) is 1.